The number of carbonyl (C=O) groups excluding carboxylic acids is 1. The Balaban J connectivity index is 1.77. The standard InChI is InChI=1S/C17H20BN3O3/c1-16(2)17(3,4)24-18(23-16)14-11-13(7-10-20-14)21-15(22)12-5-8-19-9-6-12/h5-11H,1-4H3,(H,20,21,22). The largest absolute Gasteiger partial charge is 0.514 e. The van der Waals surface area contributed by atoms with Gasteiger partial charge in [0.2, 0.25) is 0 Å². The first-order chi connectivity index (χ1) is 11.3. The van der Waals surface area contributed by atoms with Crippen LogP contribution in [0.1, 0.15) is 38.1 Å². The van der Waals surface area contributed by atoms with Gasteiger partial charge in [0.15, 0.2) is 0 Å². The summed E-state index contributed by atoms with van der Waals surface area (Å²) in [6.45, 7) is 7.95. The molecule has 2 aromatic heterocycles. The second-order valence-electron chi connectivity index (χ2n) is 6.75. The van der Waals surface area contributed by atoms with Gasteiger partial charge < -0.3 is 14.6 Å². The van der Waals surface area contributed by atoms with Crippen LogP contribution in [-0.2, 0) is 9.31 Å². The molecule has 7 heteroatoms. The Labute approximate surface area is 141 Å². The molecule has 1 saturated heterocycles. The predicted octanol–water partition coefficient (Wildman–Crippen LogP) is 2.03. The number of rotatable bonds is 3. The Kier molecular flexibility index (Phi) is 4.15. The minimum atomic E-state index is -0.562. The monoisotopic (exact) mass is 325 g/mol. The number of anilines is 1. The van der Waals surface area contributed by atoms with Crippen LogP contribution in [0.15, 0.2) is 42.9 Å². The van der Waals surface area contributed by atoms with E-state index < -0.39 is 18.3 Å². The Morgan fingerprint density at radius 3 is 2.29 bits per heavy atom. The average Bonchev–Trinajstić information content (AvgIpc) is 2.76. The maximum absolute atomic E-state index is 12.2. The molecule has 0 aromatic carbocycles. The van der Waals surface area contributed by atoms with E-state index in [1.807, 2.05) is 27.7 Å². The van der Waals surface area contributed by atoms with Crippen LogP contribution in [-0.4, -0.2) is 34.2 Å². The Morgan fingerprint density at radius 1 is 1.04 bits per heavy atom. The fourth-order valence-electron chi connectivity index (χ4n) is 2.33. The summed E-state index contributed by atoms with van der Waals surface area (Å²) in [7, 11) is -0.562. The highest BCUT2D eigenvalue weighted by atomic mass is 16.7. The first-order valence-corrected chi connectivity index (χ1v) is 7.81. The lowest BCUT2D eigenvalue weighted by Crippen LogP contribution is -2.41. The molecule has 6 nitrogen and oxygen atoms in total. The van der Waals surface area contributed by atoms with Crippen molar-refractivity contribution in [3.8, 4) is 0 Å². The summed E-state index contributed by atoms with van der Waals surface area (Å²) in [5.74, 6) is -0.205. The van der Waals surface area contributed by atoms with Crippen molar-refractivity contribution >= 4 is 24.3 Å². The van der Waals surface area contributed by atoms with E-state index in [-0.39, 0.29) is 5.91 Å². The molecule has 0 bridgehead atoms. The zero-order chi connectivity index (χ0) is 17.4. The van der Waals surface area contributed by atoms with Gasteiger partial charge in [-0.05, 0) is 52.0 Å². The molecule has 3 rings (SSSR count). The summed E-state index contributed by atoms with van der Waals surface area (Å²) >= 11 is 0. The van der Waals surface area contributed by atoms with Gasteiger partial charge in [0.1, 0.15) is 0 Å². The van der Waals surface area contributed by atoms with E-state index in [9.17, 15) is 4.79 Å². The number of carbonyl (C=O) groups is 1. The lowest BCUT2D eigenvalue weighted by atomic mass is 9.84. The SMILES string of the molecule is CC1(C)OB(c2cc(NC(=O)c3ccncc3)ccn2)OC1(C)C. The molecule has 0 atom stereocenters. The summed E-state index contributed by atoms with van der Waals surface area (Å²) in [6.07, 6.45) is 4.79. The number of nitrogens with one attached hydrogen (secondary N) is 1. The molecule has 0 spiro atoms. The molecule has 1 aliphatic heterocycles. The number of aromatic nitrogens is 2. The maximum atomic E-state index is 12.2. The maximum Gasteiger partial charge on any atom is 0.514 e. The van der Waals surface area contributed by atoms with Gasteiger partial charge in [0.05, 0.1) is 16.8 Å². The van der Waals surface area contributed by atoms with Gasteiger partial charge in [-0.15, -0.1) is 0 Å². The number of amides is 1. The van der Waals surface area contributed by atoms with Crippen LogP contribution >= 0.6 is 0 Å². The lowest BCUT2D eigenvalue weighted by molar-refractivity contribution is 0.00578. The zero-order valence-electron chi connectivity index (χ0n) is 14.2. The van der Waals surface area contributed by atoms with Gasteiger partial charge in [0, 0.05) is 29.8 Å². The van der Waals surface area contributed by atoms with Crippen LogP contribution in [0.25, 0.3) is 0 Å². The van der Waals surface area contributed by atoms with Crippen molar-refractivity contribution in [3.63, 3.8) is 0 Å². The van der Waals surface area contributed by atoms with Crippen LogP contribution in [0.3, 0.4) is 0 Å². The molecule has 1 N–H and O–H groups in total. The van der Waals surface area contributed by atoms with E-state index in [2.05, 4.69) is 15.3 Å². The molecule has 2 aromatic rings. The highest BCUT2D eigenvalue weighted by Crippen LogP contribution is 2.36. The summed E-state index contributed by atoms with van der Waals surface area (Å²) in [5, 5.41) is 2.85. The molecule has 3 heterocycles. The van der Waals surface area contributed by atoms with Crippen LogP contribution < -0.4 is 10.9 Å². The van der Waals surface area contributed by atoms with Gasteiger partial charge in [-0.1, -0.05) is 0 Å². The first-order valence-electron chi connectivity index (χ1n) is 7.81. The topological polar surface area (TPSA) is 73.3 Å². The van der Waals surface area contributed by atoms with Gasteiger partial charge in [-0.3, -0.25) is 14.8 Å². The van der Waals surface area contributed by atoms with Crippen molar-refractivity contribution in [1.82, 2.24) is 9.97 Å². The molecular weight excluding hydrogens is 305 g/mol. The Morgan fingerprint density at radius 2 is 1.67 bits per heavy atom. The second-order valence-corrected chi connectivity index (χ2v) is 6.75. The van der Waals surface area contributed by atoms with Crippen molar-refractivity contribution in [1.29, 1.82) is 0 Å². The molecule has 0 unspecified atom stereocenters. The smallest absolute Gasteiger partial charge is 0.398 e. The molecule has 0 radical (unpaired) electrons. The minimum absolute atomic E-state index is 0.205. The van der Waals surface area contributed by atoms with Gasteiger partial charge in [-0.2, -0.15) is 0 Å². The van der Waals surface area contributed by atoms with E-state index in [0.717, 1.165) is 0 Å². The lowest BCUT2D eigenvalue weighted by Gasteiger charge is -2.32. The van der Waals surface area contributed by atoms with E-state index in [4.69, 9.17) is 9.31 Å². The van der Waals surface area contributed by atoms with Crippen LogP contribution in [0.5, 0.6) is 0 Å². The van der Waals surface area contributed by atoms with Crippen molar-refractivity contribution in [2.75, 3.05) is 5.32 Å². The highest BCUT2D eigenvalue weighted by molar-refractivity contribution is 6.61. The predicted molar refractivity (Wildman–Crippen MR) is 92.1 cm³/mol. The van der Waals surface area contributed by atoms with Gasteiger partial charge >= 0.3 is 7.12 Å². The number of hydrogen-bond donors (Lipinski definition) is 1. The summed E-state index contributed by atoms with van der Waals surface area (Å²) in [4.78, 5) is 20.5. The van der Waals surface area contributed by atoms with E-state index >= 15 is 0 Å². The quantitative estimate of drug-likeness (QED) is 0.874. The fourth-order valence-corrected chi connectivity index (χ4v) is 2.33. The number of nitrogens with zero attached hydrogens (tertiary/aromatic N) is 2. The minimum Gasteiger partial charge on any atom is -0.398 e. The Hall–Kier alpha value is -2.25. The first kappa shape index (κ1) is 16.6. The van der Waals surface area contributed by atoms with E-state index in [1.54, 1.807) is 42.9 Å². The third kappa shape index (κ3) is 3.18. The fraction of sp³-hybridized carbons (Fsp3) is 0.353. The Bertz CT molecular complexity index is 734. The van der Waals surface area contributed by atoms with Crippen LogP contribution in [0, 0.1) is 0 Å². The second kappa shape index (κ2) is 6.00. The molecular formula is C17H20BN3O3. The molecule has 1 amide bonds. The van der Waals surface area contributed by atoms with Crippen molar-refractivity contribution in [3.05, 3.63) is 48.4 Å². The molecule has 24 heavy (non-hydrogen) atoms. The summed E-state index contributed by atoms with van der Waals surface area (Å²) in [6, 6.07) is 6.81. The van der Waals surface area contributed by atoms with E-state index in [1.165, 1.54) is 0 Å². The van der Waals surface area contributed by atoms with Crippen LogP contribution in [0.4, 0.5) is 5.69 Å². The van der Waals surface area contributed by atoms with Crippen LogP contribution in [0.2, 0.25) is 0 Å². The number of hydrogen-bond acceptors (Lipinski definition) is 5. The average molecular weight is 325 g/mol. The molecule has 1 fully saturated rings. The third-order valence-electron chi connectivity index (χ3n) is 4.48. The summed E-state index contributed by atoms with van der Waals surface area (Å²) in [5.41, 5.74) is 0.933. The normalized spacial score (nSPS) is 18.4. The van der Waals surface area contributed by atoms with Crippen molar-refractivity contribution in [2.24, 2.45) is 0 Å². The molecule has 0 saturated carbocycles. The van der Waals surface area contributed by atoms with E-state index in [0.29, 0.717) is 16.8 Å². The van der Waals surface area contributed by atoms with Gasteiger partial charge in [0.25, 0.3) is 5.91 Å². The summed E-state index contributed by atoms with van der Waals surface area (Å²) < 4.78 is 12.0. The van der Waals surface area contributed by atoms with Crippen molar-refractivity contribution < 1.29 is 14.1 Å². The molecule has 124 valence electrons. The third-order valence-corrected chi connectivity index (χ3v) is 4.48. The zero-order valence-corrected chi connectivity index (χ0v) is 14.2. The number of pyridine rings is 2. The molecule has 0 aliphatic carbocycles. The highest BCUT2D eigenvalue weighted by Gasteiger charge is 2.52. The molecule has 1 aliphatic rings. The van der Waals surface area contributed by atoms with Gasteiger partial charge in [-0.25, -0.2) is 0 Å². The van der Waals surface area contributed by atoms with Crippen molar-refractivity contribution in [2.45, 2.75) is 38.9 Å².